The van der Waals surface area contributed by atoms with E-state index in [9.17, 15) is 0 Å². The molecule has 0 fully saturated rings. The molecule has 0 unspecified atom stereocenters. The molecule has 0 aliphatic rings. The SMILES string of the molecule is CC.CC.CC(C)(C)[SiH](Oc1ccccc1)C(C)(C)C.Cc1ccccc1O.IC(I)I.[I][V][I]. The van der Waals surface area contributed by atoms with Crippen LogP contribution in [0.1, 0.15) is 74.8 Å². The number of alkyl halides is 3. The molecular weight excluding hydrogens is 1060 g/mol. The summed E-state index contributed by atoms with van der Waals surface area (Å²) in [6, 6.07) is 17.5. The molecule has 2 aromatic carbocycles. The molecule has 0 saturated carbocycles. The van der Waals surface area contributed by atoms with Gasteiger partial charge < -0.3 is 9.53 Å². The third-order valence-electron chi connectivity index (χ3n) is 3.69. The first-order valence-electron chi connectivity index (χ1n) is 11.5. The van der Waals surface area contributed by atoms with Crippen LogP contribution in [-0.4, -0.2) is 14.1 Å². The minimum absolute atomic E-state index is 0.272. The zero-order chi connectivity index (χ0) is 28.7. The Morgan fingerprint density at radius 2 is 1.06 bits per heavy atom. The van der Waals surface area contributed by atoms with Gasteiger partial charge >= 0.3 is 49.4 Å². The van der Waals surface area contributed by atoms with Crippen molar-refractivity contribution in [2.24, 2.45) is 0 Å². The summed E-state index contributed by atoms with van der Waals surface area (Å²) in [6.45, 7) is 23.6. The Labute approximate surface area is 289 Å². The van der Waals surface area contributed by atoms with Crippen LogP contribution in [0.2, 0.25) is 10.1 Å². The van der Waals surface area contributed by atoms with Crippen LogP contribution in [0.15, 0.2) is 54.6 Å². The molecule has 0 saturated heterocycles. The second-order valence-corrected chi connectivity index (χ2v) is 35.8. The molecule has 0 spiro atoms. The topological polar surface area (TPSA) is 29.5 Å². The fraction of sp³-hybridized carbons (Fsp3) is 0.538. The minimum atomic E-state index is -1.34. The molecule has 0 aliphatic heterocycles. The van der Waals surface area contributed by atoms with Crippen LogP contribution in [0.25, 0.3) is 0 Å². The molecule has 0 atom stereocenters. The van der Waals surface area contributed by atoms with E-state index in [1.54, 1.807) is 6.07 Å². The molecule has 0 bridgehead atoms. The van der Waals surface area contributed by atoms with Crippen molar-refractivity contribution >= 4 is 117 Å². The summed E-state index contributed by atoms with van der Waals surface area (Å²) < 4.78 is 7.03. The van der Waals surface area contributed by atoms with Gasteiger partial charge in [0.15, 0.2) is 0 Å². The van der Waals surface area contributed by atoms with E-state index in [0.29, 0.717) is 15.2 Å². The summed E-state index contributed by atoms with van der Waals surface area (Å²) in [5.74, 6) is 1.39. The van der Waals surface area contributed by atoms with Gasteiger partial charge in [-0.1, -0.05) is 173 Å². The molecule has 0 heterocycles. The van der Waals surface area contributed by atoms with E-state index >= 15 is 0 Å². The third-order valence-corrected chi connectivity index (χ3v) is 7.34. The molecule has 205 valence electrons. The predicted octanol–water partition coefficient (Wildman–Crippen LogP) is 12.5. The first kappa shape index (κ1) is 44.5. The van der Waals surface area contributed by atoms with Crippen molar-refractivity contribution in [3.8, 4) is 11.5 Å². The second kappa shape index (κ2) is 28.0. The van der Waals surface area contributed by atoms with Crippen LogP contribution in [0.5, 0.6) is 11.5 Å². The monoisotopic (exact) mass is 1100 g/mol. The summed E-state index contributed by atoms with van der Waals surface area (Å²) in [7, 11) is -0.709. The number of aromatic hydroxyl groups is 1. The zero-order valence-corrected chi connectivity index (χ0v) is 36.4. The molecule has 9 heteroatoms. The van der Waals surface area contributed by atoms with Gasteiger partial charge in [0.2, 0.25) is 9.04 Å². The molecule has 0 aromatic heterocycles. The van der Waals surface area contributed by atoms with Gasteiger partial charge in [-0.05, 0) is 40.8 Å². The quantitative estimate of drug-likeness (QED) is 0.184. The van der Waals surface area contributed by atoms with Gasteiger partial charge in [0.1, 0.15) is 11.4 Å². The van der Waals surface area contributed by atoms with Gasteiger partial charge in [-0.2, -0.15) is 0 Å². The van der Waals surface area contributed by atoms with Crippen molar-refractivity contribution < 1.29 is 19.0 Å². The Kier molecular flexibility index (Phi) is 35.7. The summed E-state index contributed by atoms with van der Waals surface area (Å²) in [5.41, 5.74) is 0.924. The molecule has 0 aliphatic carbocycles. The number of rotatable bonds is 2. The molecule has 0 amide bonds. The molecule has 2 rings (SSSR count). The standard InChI is InChI=1S/C14H24OSi.C7H8O.2C2H6.CHI3.2HI.V/c1-13(2,3)16(14(4,5)6)15-12-10-8-7-9-11-12;1-6-4-2-3-5-7(6)8;2*1-2;2-1(3)4;;;/h7-11,16H,1-6H3;2-5,8H,1H3;2*1-2H3;1H;2*1H;/q;;;;;;;+2/p-2. The van der Waals surface area contributed by atoms with Crippen molar-refractivity contribution in [3.05, 3.63) is 60.2 Å². The van der Waals surface area contributed by atoms with Crippen molar-refractivity contribution in [3.63, 3.8) is 0 Å². The number of halogens is 5. The van der Waals surface area contributed by atoms with Crippen molar-refractivity contribution in [1.29, 1.82) is 0 Å². The first-order chi connectivity index (χ1) is 16.2. The molecular formula is C26H45I5O2SiV. The molecule has 1 N–H and O–H groups in total. The van der Waals surface area contributed by atoms with E-state index in [1.165, 1.54) is 0 Å². The Hall–Kier alpha value is 2.49. The molecule has 0 radical (unpaired) electrons. The first-order valence-corrected chi connectivity index (χ1v) is 25.8. The van der Waals surface area contributed by atoms with Crippen LogP contribution in [-0.2, 0) is 9.47 Å². The van der Waals surface area contributed by atoms with Crippen molar-refractivity contribution in [2.75, 3.05) is 0 Å². The Balaban J connectivity index is -0.000000211. The van der Waals surface area contributed by atoms with Gasteiger partial charge in [0.05, 0.1) is 0 Å². The van der Waals surface area contributed by atoms with Crippen LogP contribution in [0.4, 0.5) is 0 Å². The van der Waals surface area contributed by atoms with E-state index in [4.69, 9.17) is 9.53 Å². The Bertz CT molecular complexity index is 656. The van der Waals surface area contributed by atoms with E-state index in [2.05, 4.69) is 161 Å². The van der Waals surface area contributed by atoms with E-state index < -0.39 is 9.04 Å². The summed E-state index contributed by atoms with van der Waals surface area (Å²) in [4.78, 5) is 0. The zero-order valence-electron chi connectivity index (χ0n) is 23.0. The Morgan fingerprint density at radius 3 is 1.31 bits per heavy atom. The number of aryl methyl sites for hydroxylation is 1. The average Bonchev–Trinajstić information content (AvgIpc) is 2.77. The maximum atomic E-state index is 8.92. The van der Waals surface area contributed by atoms with E-state index in [-0.39, 0.29) is 10.1 Å². The fourth-order valence-corrected chi connectivity index (χ4v) is 6.59. The van der Waals surface area contributed by atoms with Gasteiger partial charge in [-0.15, -0.1) is 0 Å². The van der Waals surface area contributed by atoms with E-state index in [1.807, 2.05) is 71.0 Å². The molecule has 35 heavy (non-hydrogen) atoms. The van der Waals surface area contributed by atoms with Crippen LogP contribution >= 0.6 is 108 Å². The van der Waals surface area contributed by atoms with E-state index in [0.717, 1.165) is 11.3 Å². The fourth-order valence-electron chi connectivity index (χ4n) is 2.85. The van der Waals surface area contributed by atoms with Crippen LogP contribution in [0, 0.1) is 6.92 Å². The van der Waals surface area contributed by atoms with Crippen LogP contribution < -0.4 is 4.43 Å². The van der Waals surface area contributed by atoms with Gasteiger partial charge in [-0.3, -0.25) is 0 Å². The summed E-state index contributed by atoms with van der Waals surface area (Å²) in [5, 5.41) is 9.46. The maximum absolute atomic E-state index is 8.92. The van der Waals surface area contributed by atoms with Crippen molar-refractivity contribution in [2.45, 2.75) is 86.2 Å². The number of hydrogen-bond donors (Lipinski definition) is 1. The second-order valence-electron chi connectivity index (χ2n) is 8.64. The van der Waals surface area contributed by atoms with Crippen LogP contribution in [0.3, 0.4) is 0 Å². The van der Waals surface area contributed by atoms with Gasteiger partial charge in [0.25, 0.3) is 0 Å². The van der Waals surface area contributed by atoms with Gasteiger partial charge in [-0.25, -0.2) is 0 Å². The third kappa shape index (κ3) is 30.9. The number of hydrogen-bond acceptors (Lipinski definition) is 2. The normalized spacial score (nSPS) is 9.77. The Morgan fingerprint density at radius 1 is 0.743 bits per heavy atom. The summed E-state index contributed by atoms with van der Waals surface area (Å²) >= 11 is 11.7. The number of phenols is 1. The molecule has 2 aromatic rings. The number of para-hydroxylation sites is 2. The number of phenolic OH excluding ortho intramolecular Hbond substituents is 1. The predicted molar refractivity (Wildman–Crippen MR) is 203 cm³/mol. The van der Waals surface area contributed by atoms with Crippen molar-refractivity contribution in [1.82, 2.24) is 0 Å². The average molecular weight is 1100 g/mol. The summed E-state index contributed by atoms with van der Waals surface area (Å²) in [6.07, 6.45) is 0. The van der Waals surface area contributed by atoms with Gasteiger partial charge in [0, 0.05) is 0 Å². The number of benzene rings is 2. The molecule has 2 nitrogen and oxygen atoms in total.